The van der Waals surface area contributed by atoms with E-state index < -0.39 is 0 Å². The second-order valence-electron chi connectivity index (χ2n) is 7.98. The molecule has 1 nitrogen and oxygen atoms in total. The van der Waals surface area contributed by atoms with Gasteiger partial charge in [-0.25, -0.2) is 4.39 Å². The summed E-state index contributed by atoms with van der Waals surface area (Å²) in [7, 11) is 0. The average Bonchev–Trinajstić information content (AvgIpc) is 2.59. The number of halogens is 1. The Balaban J connectivity index is 2.06. The number of allylic oxidation sites excluding steroid dienone is 1. The van der Waals surface area contributed by atoms with Crippen molar-refractivity contribution in [1.82, 2.24) is 4.90 Å². The molecular weight excluding hydrogens is 321 g/mol. The smallest absolute Gasteiger partial charge is 0.123 e. The molecule has 0 saturated heterocycles. The summed E-state index contributed by atoms with van der Waals surface area (Å²) < 4.78 is 13.1. The normalized spacial score (nSPS) is 12.4. The largest absolute Gasteiger partial charge is 0.299 e. The van der Waals surface area contributed by atoms with Crippen molar-refractivity contribution in [3.63, 3.8) is 0 Å². The van der Waals surface area contributed by atoms with Crippen molar-refractivity contribution in [2.75, 3.05) is 19.6 Å². The third kappa shape index (κ3) is 6.42. The Morgan fingerprint density at radius 2 is 1.31 bits per heavy atom. The van der Waals surface area contributed by atoms with Crippen molar-refractivity contribution >= 4 is 5.57 Å². The molecule has 0 bridgehead atoms. The van der Waals surface area contributed by atoms with E-state index in [9.17, 15) is 4.39 Å². The molecule has 0 fully saturated rings. The molecule has 140 valence electrons. The van der Waals surface area contributed by atoms with E-state index in [0.29, 0.717) is 11.8 Å². The van der Waals surface area contributed by atoms with Crippen molar-refractivity contribution in [2.45, 2.75) is 34.6 Å². The van der Waals surface area contributed by atoms with Gasteiger partial charge in [0.05, 0.1) is 0 Å². The summed E-state index contributed by atoms with van der Waals surface area (Å²) in [6, 6.07) is 15.2. The molecule has 0 heterocycles. The first-order chi connectivity index (χ1) is 12.3. The lowest BCUT2D eigenvalue weighted by molar-refractivity contribution is 0.241. The molecule has 2 aromatic carbocycles. The molecule has 2 rings (SSSR count). The number of nitrogens with zero attached hydrogens (tertiary/aromatic N) is 1. The number of hydrogen-bond acceptors (Lipinski definition) is 1. The highest BCUT2D eigenvalue weighted by Gasteiger charge is 2.08. The van der Waals surface area contributed by atoms with Gasteiger partial charge in [0.2, 0.25) is 0 Å². The minimum absolute atomic E-state index is 0.198. The maximum absolute atomic E-state index is 13.1. The molecule has 0 aliphatic rings. The number of hydrogen-bond donors (Lipinski definition) is 0. The fraction of sp³-hybridized carbons (Fsp3) is 0.417. The van der Waals surface area contributed by atoms with Crippen LogP contribution in [0.1, 0.15) is 40.2 Å². The molecule has 0 N–H and O–H groups in total. The molecule has 2 aromatic rings. The quantitative estimate of drug-likeness (QED) is 0.523. The van der Waals surface area contributed by atoms with Crippen molar-refractivity contribution in [1.29, 1.82) is 0 Å². The highest BCUT2D eigenvalue weighted by molar-refractivity contribution is 5.69. The molecule has 0 unspecified atom stereocenters. The molecule has 0 aromatic heterocycles. The highest BCUT2D eigenvalue weighted by Crippen LogP contribution is 2.23. The van der Waals surface area contributed by atoms with E-state index in [0.717, 1.165) is 30.8 Å². The van der Waals surface area contributed by atoms with Crippen molar-refractivity contribution < 1.29 is 4.39 Å². The SMILES string of the molecule is CC(=CCN(CC(C)C)CC(C)C)c1ccc(-c2ccc(F)cc2)cc1. The molecule has 2 heteroatoms. The lowest BCUT2D eigenvalue weighted by Gasteiger charge is -2.25. The van der Waals surface area contributed by atoms with Crippen molar-refractivity contribution in [3.05, 3.63) is 66.0 Å². The Morgan fingerprint density at radius 1 is 0.846 bits per heavy atom. The van der Waals surface area contributed by atoms with Gasteiger partial charge in [-0.3, -0.25) is 4.90 Å². The van der Waals surface area contributed by atoms with Gasteiger partial charge in [-0.05, 0) is 53.2 Å². The topological polar surface area (TPSA) is 3.24 Å². The average molecular weight is 354 g/mol. The van der Waals surface area contributed by atoms with Crippen LogP contribution in [0.15, 0.2) is 54.6 Å². The van der Waals surface area contributed by atoms with Crippen LogP contribution in [0.5, 0.6) is 0 Å². The van der Waals surface area contributed by atoms with Crippen LogP contribution in [0.2, 0.25) is 0 Å². The maximum atomic E-state index is 13.1. The minimum atomic E-state index is -0.198. The first-order valence-electron chi connectivity index (χ1n) is 9.60. The zero-order valence-corrected chi connectivity index (χ0v) is 16.8. The summed E-state index contributed by atoms with van der Waals surface area (Å²) in [4.78, 5) is 2.53. The molecule has 0 spiro atoms. The van der Waals surface area contributed by atoms with Gasteiger partial charge in [-0.1, -0.05) is 70.2 Å². The Morgan fingerprint density at radius 3 is 1.77 bits per heavy atom. The van der Waals surface area contributed by atoms with Crippen LogP contribution in [0.25, 0.3) is 16.7 Å². The zero-order chi connectivity index (χ0) is 19.1. The van der Waals surface area contributed by atoms with E-state index in [1.165, 1.54) is 23.3 Å². The summed E-state index contributed by atoms with van der Waals surface area (Å²) >= 11 is 0. The van der Waals surface area contributed by atoms with Crippen LogP contribution in [-0.4, -0.2) is 24.5 Å². The highest BCUT2D eigenvalue weighted by atomic mass is 19.1. The first-order valence-corrected chi connectivity index (χ1v) is 9.60. The van der Waals surface area contributed by atoms with E-state index in [4.69, 9.17) is 0 Å². The lowest BCUT2D eigenvalue weighted by atomic mass is 10.0. The summed E-state index contributed by atoms with van der Waals surface area (Å²) in [6.07, 6.45) is 2.33. The van der Waals surface area contributed by atoms with Crippen LogP contribution in [0, 0.1) is 17.7 Å². The third-order valence-corrected chi connectivity index (χ3v) is 4.42. The molecule has 0 saturated carbocycles. The van der Waals surface area contributed by atoms with Gasteiger partial charge in [-0.2, -0.15) is 0 Å². The molecule has 0 aliphatic carbocycles. The van der Waals surface area contributed by atoms with Gasteiger partial charge >= 0.3 is 0 Å². The van der Waals surface area contributed by atoms with Crippen LogP contribution >= 0.6 is 0 Å². The number of rotatable bonds is 8. The Bertz CT molecular complexity index is 686. The van der Waals surface area contributed by atoms with E-state index in [1.54, 1.807) is 0 Å². The van der Waals surface area contributed by atoms with Gasteiger partial charge in [0, 0.05) is 19.6 Å². The Hall–Kier alpha value is -1.93. The lowest BCUT2D eigenvalue weighted by Crippen LogP contribution is -2.31. The van der Waals surface area contributed by atoms with Gasteiger partial charge in [-0.15, -0.1) is 0 Å². The molecule has 0 atom stereocenters. The predicted octanol–water partition coefficient (Wildman–Crippen LogP) is 6.51. The molecular formula is C24H32FN. The molecule has 0 radical (unpaired) electrons. The monoisotopic (exact) mass is 353 g/mol. The summed E-state index contributed by atoms with van der Waals surface area (Å²) in [6.45, 7) is 14.5. The van der Waals surface area contributed by atoms with E-state index in [2.05, 4.69) is 69.9 Å². The van der Waals surface area contributed by atoms with Crippen LogP contribution < -0.4 is 0 Å². The fourth-order valence-corrected chi connectivity index (χ4v) is 3.21. The maximum Gasteiger partial charge on any atom is 0.123 e. The zero-order valence-electron chi connectivity index (χ0n) is 16.8. The minimum Gasteiger partial charge on any atom is -0.299 e. The summed E-state index contributed by atoms with van der Waals surface area (Å²) in [5, 5.41) is 0. The second-order valence-corrected chi connectivity index (χ2v) is 7.98. The standard InChI is InChI=1S/C24H32FN/c1-18(2)16-26(17-19(3)4)15-14-20(5)21-6-8-22(9-7-21)23-10-12-24(25)13-11-23/h6-14,18-19H,15-17H2,1-5H3. The summed E-state index contributed by atoms with van der Waals surface area (Å²) in [5.74, 6) is 1.16. The fourth-order valence-electron chi connectivity index (χ4n) is 3.21. The van der Waals surface area contributed by atoms with Crippen LogP contribution in [0.3, 0.4) is 0 Å². The van der Waals surface area contributed by atoms with Crippen molar-refractivity contribution in [3.8, 4) is 11.1 Å². The molecule has 0 aliphatic heterocycles. The van der Waals surface area contributed by atoms with E-state index in [1.807, 2.05) is 12.1 Å². The van der Waals surface area contributed by atoms with Crippen molar-refractivity contribution in [2.24, 2.45) is 11.8 Å². The van der Waals surface area contributed by atoms with Gasteiger partial charge < -0.3 is 0 Å². The van der Waals surface area contributed by atoms with Gasteiger partial charge in [0.25, 0.3) is 0 Å². The Labute approximate surface area is 158 Å². The van der Waals surface area contributed by atoms with Gasteiger partial charge in [0.1, 0.15) is 5.82 Å². The molecule has 0 amide bonds. The second kappa shape index (κ2) is 9.68. The Kier molecular flexibility index (Phi) is 7.59. The van der Waals surface area contributed by atoms with Crippen LogP contribution in [-0.2, 0) is 0 Å². The predicted molar refractivity (Wildman–Crippen MR) is 112 cm³/mol. The first kappa shape index (κ1) is 20.4. The van der Waals surface area contributed by atoms with E-state index >= 15 is 0 Å². The third-order valence-electron chi connectivity index (χ3n) is 4.42. The molecule has 26 heavy (non-hydrogen) atoms. The number of benzene rings is 2. The van der Waals surface area contributed by atoms with E-state index in [-0.39, 0.29) is 5.82 Å². The summed E-state index contributed by atoms with van der Waals surface area (Å²) in [5.41, 5.74) is 4.69. The van der Waals surface area contributed by atoms with Gasteiger partial charge in [0.15, 0.2) is 0 Å². The van der Waals surface area contributed by atoms with Crippen LogP contribution in [0.4, 0.5) is 4.39 Å².